The van der Waals surface area contributed by atoms with Gasteiger partial charge in [0.1, 0.15) is 0 Å². The van der Waals surface area contributed by atoms with Crippen LogP contribution in [-0.4, -0.2) is 4.57 Å². The molecule has 0 amide bonds. The Bertz CT molecular complexity index is 1360. The van der Waals surface area contributed by atoms with E-state index in [1.807, 2.05) is 0 Å². The largest absolute Gasteiger partial charge is 0.309 e. The van der Waals surface area contributed by atoms with Crippen molar-refractivity contribution < 1.29 is 0 Å². The summed E-state index contributed by atoms with van der Waals surface area (Å²) in [6.07, 6.45) is 0. The minimum absolute atomic E-state index is 1.20. The van der Waals surface area contributed by atoms with E-state index in [1.54, 1.807) is 0 Å². The van der Waals surface area contributed by atoms with Crippen molar-refractivity contribution in [1.82, 2.24) is 4.57 Å². The molecule has 0 fully saturated rings. The van der Waals surface area contributed by atoms with Crippen LogP contribution in [0.5, 0.6) is 0 Å². The molecule has 0 saturated carbocycles. The topological polar surface area (TPSA) is 4.93 Å². The van der Waals surface area contributed by atoms with E-state index in [2.05, 4.69) is 108 Å². The number of benzene rings is 5. The normalized spacial score (nSPS) is 11.7. The minimum atomic E-state index is 1.20. The van der Waals surface area contributed by atoms with E-state index in [4.69, 9.17) is 0 Å². The Labute approximate surface area is 157 Å². The summed E-state index contributed by atoms with van der Waals surface area (Å²) < 4.78 is 2.39. The molecular formula is C26H17N. The van der Waals surface area contributed by atoms with Gasteiger partial charge in [0.25, 0.3) is 0 Å². The smallest absolute Gasteiger partial charge is 0.0547 e. The van der Waals surface area contributed by atoms with Gasteiger partial charge in [-0.15, -0.1) is 0 Å². The zero-order valence-electron chi connectivity index (χ0n) is 14.8. The molecule has 0 spiro atoms. The first-order valence-electron chi connectivity index (χ1n) is 9.30. The molecule has 0 bridgehead atoms. The van der Waals surface area contributed by atoms with Crippen molar-refractivity contribution in [3.05, 3.63) is 103 Å². The summed E-state index contributed by atoms with van der Waals surface area (Å²) in [5.74, 6) is 0. The minimum Gasteiger partial charge on any atom is -0.309 e. The first kappa shape index (κ1) is 14.6. The van der Waals surface area contributed by atoms with E-state index in [0.717, 1.165) is 0 Å². The third kappa shape index (κ3) is 2.12. The monoisotopic (exact) mass is 343 g/mol. The number of hydrogen-bond acceptors (Lipinski definition) is 0. The van der Waals surface area contributed by atoms with Gasteiger partial charge in [0.15, 0.2) is 0 Å². The van der Waals surface area contributed by atoms with Gasteiger partial charge >= 0.3 is 0 Å². The summed E-state index contributed by atoms with van der Waals surface area (Å²) in [5, 5.41) is 7.72. The van der Waals surface area contributed by atoms with Crippen molar-refractivity contribution in [2.24, 2.45) is 0 Å². The highest BCUT2D eigenvalue weighted by Crippen LogP contribution is 2.36. The van der Waals surface area contributed by atoms with Crippen molar-refractivity contribution in [1.29, 1.82) is 0 Å². The van der Waals surface area contributed by atoms with Crippen LogP contribution in [0.25, 0.3) is 49.0 Å². The molecule has 0 aliphatic rings. The van der Waals surface area contributed by atoms with Crippen LogP contribution in [0, 0.1) is 0 Å². The van der Waals surface area contributed by atoms with Crippen LogP contribution >= 0.6 is 0 Å². The third-order valence-electron chi connectivity index (χ3n) is 5.51. The lowest BCUT2D eigenvalue weighted by molar-refractivity contribution is 1.18. The Balaban J connectivity index is 1.88. The molecule has 0 aliphatic carbocycles. The highest BCUT2D eigenvalue weighted by Gasteiger charge is 2.14. The second-order valence-electron chi connectivity index (χ2n) is 7.10. The van der Waals surface area contributed by atoms with Crippen molar-refractivity contribution in [3.8, 4) is 5.69 Å². The van der Waals surface area contributed by atoms with E-state index in [9.17, 15) is 0 Å². The van der Waals surface area contributed by atoms with E-state index in [1.165, 1.54) is 49.0 Å². The Morgan fingerprint density at radius 2 is 0.815 bits per heavy atom. The Morgan fingerprint density at radius 3 is 1.30 bits per heavy atom. The second-order valence-corrected chi connectivity index (χ2v) is 7.10. The van der Waals surface area contributed by atoms with E-state index < -0.39 is 0 Å². The Morgan fingerprint density at radius 1 is 0.407 bits per heavy atom. The van der Waals surface area contributed by atoms with Gasteiger partial charge in [-0.25, -0.2) is 0 Å². The third-order valence-corrected chi connectivity index (χ3v) is 5.51. The van der Waals surface area contributed by atoms with Gasteiger partial charge in [-0.1, -0.05) is 66.7 Å². The molecule has 5 aromatic carbocycles. The molecule has 0 unspecified atom stereocenters. The predicted octanol–water partition coefficient (Wildman–Crippen LogP) is 7.09. The van der Waals surface area contributed by atoms with Crippen LogP contribution in [-0.2, 0) is 0 Å². The first-order chi connectivity index (χ1) is 13.4. The van der Waals surface area contributed by atoms with E-state index in [-0.39, 0.29) is 0 Å². The number of rotatable bonds is 1. The molecule has 0 atom stereocenters. The molecular weight excluding hydrogens is 326 g/mol. The average Bonchev–Trinajstić information content (AvgIpc) is 3.03. The number of aromatic nitrogens is 1. The molecule has 1 heteroatoms. The SMILES string of the molecule is c1ccc(-n2c3cc4ccccc4cc3c3cc4ccccc4cc32)cc1. The molecule has 27 heavy (non-hydrogen) atoms. The zero-order chi connectivity index (χ0) is 17.8. The fourth-order valence-electron chi connectivity index (χ4n) is 4.24. The summed E-state index contributed by atoms with van der Waals surface area (Å²) in [6, 6.07) is 37.2. The summed E-state index contributed by atoms with van der Waals surface area (Å²) in [5.41, 5.74) is 3.71. The van der Waals surface area contributed by atoms with Crippen LogP contribution in [0.1, 0.15) is 0 Å². The lowest BCUT2D eigenvalue weighted by Crippen LogP contribution is -1.93. The molecule has 1 aromatic heterocycles. The number of para-hydroxylation sites is 1. The van der Waals surface area contributed by atoms with Crippen molar-refractivity contribution in [3.63, 3.8) is 0 Å². The highest BCUT2D eigenvalue weighted by atomic mass is 15.0. The lowest BCUT2D eigenvalue weighted by Gasteiger charge is -2.08. The fourth-order valence-corrected chi connectivity index (χ4v) is 4.24. The molecule has 126 valence electrons. The van der Waals surface area contributed by atoms with E-state index in [0.29, 0.717) is 0 Å². The van der Waals surface area contributed by atoms with Crippen LogP contribution in [0.4, 0.5) is 0 Å². The molecule has 0 N–H and O–H groups in total. The van der Waals surface area contributed by atoms with Gasteiger partial charge in [0.2, 0.25) is 0 Å². The van der Waals surface area contributed by atoms with Crippen LogP contribution in [0.15, 0.2) is 103 Å². The number of fused-ring (bicyclic) bond motifs is 5. The van der Waals surface area contributed by atoms with Gasteiger partial charge < -0.3 is 4.57 Å². The summed E-state index contributed by atoms with van der Waals surface area (Å²) in [6.45, 7) is 0. The second kappa shape index (κ2) is 5.46. The fraction of sp³-hybridized carbons (Fsp3) is 0. The standard InChI is InChI=1S/C26H17N/c1-2-12-22(13-3-1)27-25-16-20-10-6-4-8-18(20)14-23(25)24-15-19-9-5-7-11-21(19)17-26(24)27/h1-17H. The number of nitrogens with zero attached hydrogens (tertiary/aromatic N) is 1. The zero-order valence-corrected chi connectivity index (χ0v) is 14.8. The quantitative estimate of drug-likeness (QED) is 0.300. The average molecular weight is 343 g/mol. The molecule has 6 aromatic rings. The maximum absolute atomic E-state index is 2.39. The van der Waals surface area contributed by atoms with Gasteiger partial charge in [-0.05, 0) is 57.9 Å². The maximum atomic E-state index is 2.39. The lowest BCUT2D eigenvalue weighted by atomic mass is 10.0. The summed E-state index contributed by atoms with van der Waals surface area (Å²) >= 11 is 0. The van der Waals surface area contributed by atoms with Gasteiger partial charge in [0.05, 0.1) is 11.0 Å². The van der Waals surface area contributed by atoms with Crippen molar-refractivity contribution in [2.75, 3.05) is 0 Å². The predicted molar refractivity (Wildman–Crippen MR) is 116 cm³/mol. The van der Waals surface area contributed by atoms with Crippen molar-refractivity contribution >= 4 is 43.4 Å². The molecule has 0 aliphatic heterocycles. The summed E-state index contributed by atoms with van der Waals surface area (Å²) in [4.78, 5) is 0. The highest BCUT2D eigenvalue weighted by molar-refractivity contribution is 6.16. The van der Waals surface area contributed by atoms with Gasteiger partial charge in [-0.3, -0.25) is 0 Å². The molecule has 1 heterocycles. The maximum Gasteiger partial charge on any atom is 0.0547 e. The van der Waals surface area contributed by atoms with Crippen LogP contribution < -0.4 is 0 Å². The Hall–Kier alpha value is -3.58. The molecule has 0 radical (unpaired) electrons. The number of hydrogen-bond donors (Lipinski definition) is 0. The van der Waals surface area contributed by atoms with Crippen LogP contribution in [0.3, 0.4) is 0 Å². The van der Waals surface area contributed by atoms with Gasteiger partial charge in [-0.2, -0.15) is 0 Å². The molecule has 1 nitrogen and oxygen atoms in total. The van der Waals surface area contributed by atoms with Gasteiger partial charge in [0, 0.05) is 16.5 Å². The molecule has 0 saturated heterocycles. The van der Waals surface area contributed by atoms with Crippen molar-refractivity contribution in [2.45, 2.75) is 0 Å². The summed E-state index contributed by atoms with van der Waals surface area (Å²) in [7, 11) is 0. The Kier molecular flexibility index (Phi) is 2.95. The van der Waals surface area contributed by atoms with E-state index >= 15 is 0 Å². The van der Waals surface area contributed by atoms with Crippen LogP contribution in [0.2, 0.25) is 0 Å². The first-order valence-corrected chi connectivity index (χ1v) is 9.30. The molecule has 6 rings (SSSR count).